The molecule has 5 rings (SSSR count). The van der Waals surface area contributed by atoms with Crippen molar-refractivity contribution in [3.63, 3.8) is 0 Å². The van der Waals surface area contributed by atoms with Crippen LogP contribution in [-0.4, -0.2) is 53.5 Å². The normalized spacial score (nSPS) is 24.0. The summed E-state index contributed by atoms with van der Waals surface area (Å²) in [5.41, 5.74) is 4.21. The second kappa shape index (κ2) is 10.5. The predicted octanol–water partition coefficient (Wildman–Crippen LogP) is 5.57. The Balaban J connectivity index is 1.29. The van der Waals surface area contributed by atoms with E-state index in [0.717, 1.165) is 68.1 Å². The highest BCUT2D eigenvalue weighted by atomic mass is 16.5. The van der Waals surface area contributed by atoms with Crippen molar-refractivity contribution in [3.05, 3.63) is 58.9 Å². The lowest BCUT2D eigenvalue weighted by Crippen LogP contribution is -2.50. The summed E-state index contributed by atoms with van der Waals surface area (Å²) in [7, 11) is 1.72. The number of likely N-dealkylation sites (tertiary alicyclic amines) is 2. The summed E-state index contributed by atoms with van der Waals surface area (Å²) in [6.07, 6.45) is 9.58. The molecule has 0 spiro atoms. The molecule has 0 radical (unpaired) electrons. The Morgan fingerprint density at radius 1 is 1.00 bits per heavy atom. The van der Waals surface area contributed by atoms with Gasteiger partial charge in [-0.05, 0) is 94.3 Å². The zero-order valence-electron chi connectivity index (χ0n) is 20.8. The van der Waals surface area contributed by atoms with Crippen molar-refractivity contribution >= 4 is 5.91 Å². The first kappa shape index (κ1) is 23.3. The minimum Gasteiger partial charge on any atom is -0.497 e. The third-order valence-electron chi connectivity index (χ3n) is 8.31. The molecule has 3 aliphatic rings. The standard InChI is InChI=1S/C29H39N3O2/c1-21-12-13-26(29(33)32-16-6-9-23-8-3-4-11-27(23)32)28(30-21)24-14-17-31(18-15-24)20-22-7-5-10-25(19-22)34-2/h5,7,10,12-13,19,23-24,27H,3-4,6,8-9,11,14-18,20H2,1-2H3/t23-,27+/m0/s1. The molecule has 1 aromatic carbocycles. The molecular formula is C29H39N3O2. The van der Waals surface area contributed by atoms with Gasteiger partial charge in [-0.25, -0.2) is 0 Å². The van der Waals surface area contributed by atoms with Gasteiger partial charge in [-0.3, -0.25) is 14.7 Å². The Morgan fingerprint density at radius 2 is 1.79 bits per heavy atom. The smallest absolute Gasteiger partial charge is 0.255 e. The first-order chi connectivity index (χ1) is 16.6. The molecule has 182 valence electrons. The number of rotatable bonds is 5. The summed E-state index contributed by atoms with van der Waals surface area (Å²) in [5, 5.41) is 0. The number of carbonyl (C=O) groups excluding carboxylic acids is 1. The third kappa shape index (κ3) is 5.00. The minimum atomic E-state index is 0.234. The van der Waals surface area contributed by atoms with Crippen LogP contribution in [0.2, 0.25) is 0 Å². The van der Waals surface area contributed by atoms with E-state index in [-0.39, 0.29) is 5.91 Å². The topological polar surface area (TPSA) is 45.7 Å². The zero-order chi connectivity index (χ0) is 23.5. The number of hydrogen-bond acceptors (Lipinski definition) is 4. The van der Waals surface area contributed by atoms with Gasteiger partial charge in [-0.15, -0.1) is 0 Å². The van der Waals surface area contributed by atoms with Gasteiger partial charge < -0.3 is 9.64 Å². The summed E-state index contributed by atoms with van der Waals surface area (Å²) < 4.78 is 5.39. The number of aromatic nitrogens is 1. The number of benzene rings is 1. The fourth-order valence-corrected chi connectivity index (χ4v) is 6.49. The van der Waals surface area contributed by atoms with Crippen molar-refractivity contribution in [2.75, 3.05) is 26.7 Å². The molecule has 0 unspecified atom stereocenters. The summed E-state index contributed by atoms with van der Waals surface area (Å²) in [6.45, 7) is 5.95. The largest absolute Gasteiger partial charge is 0.497 e. The Bertz CT molecular complexity index is 997. The second-order valence-electron chi connectivity index (χ2n) is 10.5. The maximum absolute atomic E-state index is 13.9. The summed E-state index contributed by atoms with van der Waals surface area (Å²) in [6, 6.07) is 12.9. The molecule has 2 atom stereocenters. The van der Waals surface area contributed by atoms with Crippen LogP contribution >= 0.6 is 0 Å². The predicted molar refractivity (Wildman–Crippen MR) is 135 cm³/mol. The SMILES string of the molecule is COc1cccc(CN2CCC(c3nc(C)ccc3C(=O)N3CCC[C@@H]4CCCC[C@H]43)CC2)c1. The molecule has 1 aromatic heterocycles. The van der Waals surface area contributed by atoms with E-state index in [1.165, 1.54) is 37.7 Å². The van der Waals surface area contributed by atoms with Gasteiger partial charge in [0.1, 0.15) is 5.75 Å². The molecular weight excluding hydrogens is 422 g/mol. The Labute approximate surface area is 204 Å². The van der Waals surface area contributed by atoms with Crippen LogP contribution in [-0.2, 0) is 6.54 Å². The van der Waals surface area contributed by atoms with Crippen molar-refractivity contribution in [1.29, 1.82) is 0 Å². The highest BCUT2D eigenvalue weighted by Gasteiger charge is 2.37. The van der Waals surface area contributed by atoms with Crippen molar-refractivity contribution < 1.29 is 9.53 Å². The molecule has 34 heavy (non-hydrogen) atoms. The van der Waals surface area contributed by atoms with E-state index in [4.69, 9.17) is 9.72 Å². The molecule has 1 amide bonds. The molecule has 1 aliphatic carbocycles. The number of methoxy groups -OCH3 is 1. The lowest BCUT2D eigenvalue weighted by molar-refractivity contribution is 0.0388. The van der Waals surface area contributed by atoms with Gasteiger partial charge in [0.25, 0.3) is 5.91 Å². The molecule has 3 heterocycles. The number of piperidine rings is 2. The van der Waals surface area contributed by atoms with Crippen molar-refractivity contribution in [2.45, 2.75) is 76.8 Å². The van der Waals surface area contributed by atoms with E-state index in [1.54, 1.807) is 7.11 Å². The van der Waals surface area contributed by atoms with Crippen LogP contribution in [0.25, 0.3) is 0 Å². The lowest BCUT2D eigenvalue weighted by Gasteiger charge is -2.44. The molecule has 0 N–H and O–H groups in total. The van der Waals surface area contributed by atoms with Gasteiger partial charge in [0.15, 0.2) is 0 Å². The summed E-state index contributed by atoms with van der Waals surface area (Å²) in [5.74, 6) is 2.20. The first-order valence-corrected chi connectivity index (χ1v) is 13.3. The van der Waals surface area contributed by atoms with Gasteiger partial charge in [0, 0.05) is 30.7 Å². The molecule has 5 heteroatoms. The molecule has 2 aromatic rings. The fourth-order valence-electron chi connectivity index (χ4n) is 6.49. The van der Waals surface area contributed by atoms with Gasteiger partial charge in [-0.1, -0.05) is 25.0 Å². The van der Waals surface area contributed by atoms with Crippen LogP contribution < -0.4 is 4.74 Å². The molecule has 1 saturated carbocycles. The van der Waals surface area contributed by atoms with Crippen LogP contribution in [0.5, 0.6) is 5.75 Å². The average Bonchev–Trinajstić information content (AvgIpc) is 2.88. The maximum Gasteiger partial charge on any atom is 0.255 e. The number of pyridine rings is 1. The average molecular weight is 462 g/mol. The molecule has 5 nitrogen and oxygen atoms in total. The number of hydrogen-bond donors (Lipinski definition) is 0. The highest BCUT2D eigenvalue weighted by molar-refractivity contribution is 5.95. The van der Waals surface area contributed by atoms with E-state index >= 15 is 0 Å². The third-order valence-corrected chi connectivity index (χ3v) is 8.31. The number of nitrogens with zero attached hydrogens (tertiary/aromatic N) is 3. The Kier molecular flexibility index (Phi) is 7.19. The minimum absolute atomic E-state index is 0.234. The second-order valence-corrected chi connectivity index (χ2v) is 10.5. The van der Waals surface area contributed by atoms with Crippen molar-refractivity contribution in [1.82, 2.24) is 14.8 Å². The van der Waals surface area contributed by atoms with E-state index < -0.39 is 0 Å². The zero-order valence-corrected chi connectivity index (χ0v) is 20.8. The molecule has 2 aliphatic heterocycles. The fraction of sp³-hybridized carbons (Fsp3) is 0.586. The number of ether oxygens (including phenoxy) is 1. The van der Waals surface area contributed by atoms with Crippen molar-refractivity contribution in [2.24, 2.45) is 5.92 Å². The van der Waals surface area contributed by atoms with E-state index in [9.17, 15) is 4.79 Å². The monoisotopic (exact) mass is 461 g/mol. The van der Waals surface area contributed by atoms with Crippen molar-refractivity contribution in [3.8, 4) is 5.75 Å². The van der Waals surface area contributed by atoms with E-state index in [1.807, 2.05) is 19.1 Å². The van der Waals surface area contributed by atoms with Gasteiger partial charge in [0.2, 0.25) is 0 Å². The number of amides is 1. The van der Waals surface area contributed by atoms with E-state index in [0.29, 0.717) is 17.9 Å². The van der Waals surface area contributed by atoms with E-state index in [2.05, 4.69) is 34.1 Å². The number of carbonyl (C=O) groups is 1. The van der Waals surface area contributed by atoms with Gasteiger partial charge in [0.05, 0.1) is 18.4 Å². The van der Waals surface area contributed by atoms with Crippen LogP contribution in [0.4, 0.5) is 0 Å². The molecule has 3 fully saturated rings. The van der Waals surface area contributed by atoms with Gasteiger partial charge in [-0.2, -0.15) is 0 Å². The quantitative estimate of drug-likeness (QED) is 0.584. The molecule has 2 saturated heterocycles. The van der Waals surface area contributed by atoms with Crippen LogP contribution in [0.15, 0.2) is 36.4 Å². The lowest BCUT2D eigenvalue weighted by atomic mass is 9.78. The summed E-state index contributed by atoms with van der Waals surface area (Å²) in [4.78, 5) is 23.6. The van der Waals surface area contributed by atoms with Crippen LogP contribution in [0.1, 0.15) is 84.6 Å². The van der Waals surface area contributed by atoms with Crippen LogP contribution in [0.3, 0.4) is 0 Å². The number of fused-ring (bicyclic) bond motifs is 1. The maximum atomic E-state index is 13.9. The summed E-state index contributed by atoms with van der Waals surface area (Å²) >= 11 is 0. The van der Waals surface area contributed by atoms with Gasteiger partial charge >= 0.3 is 0 Å². The highest BCUT2D eigenvalue weighted by Crippen LogP contribution is 2.37. The first-order valence-electron chi connectivity index (χ1n) is 13.3. The Morgan fingerprint density at radius 3 is 2.62 bits per heavy atom. The Hall–Kier alpha value is -2.40. The van der Waals surface area contributed by atoms with Crippen LogP contribution in [0, 0.1) is 12.8 Å². The molecule has 0 bridgehead atoms. The number of aryl methyl sites for hydroxylation is 1.